The molecule has 8 nitrogen and oxygen atoms in total. The minimum Gasteiger partial charge on any atom is -0.324 e. The number of nitro groups is 1. The van der Waals surface area contributed by atoms with E-state index in [0.29, 0.717) is 0 Å². The van der Waals surface area contributed by atoms with E-state index in [2.05, 4.69) is 10.1 Å². The van der Waals surface area contributed by atoms with Crippen LogP contribution in [0.2, 0.25) is 0 Å². The molecule has 0 aliphatic rings. The van der Waals surface area contributed by atoms with E-state index in [0.717, 1.165) is 12.1 Å². The van der Waals surface area contributed by atoms with Crippen LogP contribution in [-0.2, 0) is 10.0 Å². The highest BCUT2D eigenvalue weighted by molar-refractivity contribution is 7.89. The van der Waals surface area contributed by atoms with Crippen LogP contribution in [0.3, 0.4) is 0 Å². The number of nitrogens with one attached hydrogen (secondary N) is 2. The third kappa shape index (κ3) is 4.13. The number of nitrogens with zero attached hydrogens (tertiary/aromatic N) is 1. The van der Waals surface area contributed by atoms with Crippen molar-refractivity contribution < 1.29 is 13.3 Å². The highest BCUT2D eigenvalue weighted by atomic mass is 32.2. The lowest BCUT2D eigenvalue weighted by Crippen LogP contribution is -2.41. The summed E-state index contributed by atoms with van der Waals surface area (Å²) in [5.41, 5.74) is 1.72. The quantitative estimate of drug-likeness (QED) is 0.430. The van der Waals surface area contributed by atoms with Gasteiger partial charge in [0.05, 0.1) is 10.6 Å². The molecule has 0 aromatic heterocycles. The molecule has 21 heavy (non-hydrogen) atoms. The summed E-state index contributed by atoms with van der Waals surface area (Å²) in [5.74, 6) is 5.22. The zero-order valence-corrected chi connectivity index (χ0v) is 13.2. The molecule has 0 heterocycles. The lowest BCUT2D eigenvalue weighted by molar-refractivity contribution is -0.387. The summed E-state index contributed by atoms with van der Waals surface area (Å²) in [7, 11) is -4.04. The number of nitrogen functional groups attached to an aromatic ring is 1. The predicted octanol–water partition coefficient (Wildman–Crippen LogP) is 1.59. The number of sulfonamides is 1. The molecule has 1 aromatic carbocycles. The van der Waals surface area contributed by atoms with Crippen LogP contribution in [0.4, 0.5) is 11.4 Å². The van der Waals surface area contributed by atoms with Gasteiger partial charge in [0.25, 0.3) is 5.69 Å². The van der Waals surface area contributed by atoms with Crippen LogP contribution in [-0.4, -0.2) is 19.4 Å². The fourth-order valence-electron chi connectivity index (χ4n) is 1.44. The minimum atomic E-state index is -4.04. The molecular weight excluding hydrogens is 296 g/mol. The molecule has 0 saturated heterocycles. The van der Waals surface area contributed by atoms with Crippen LogP contribution in [0.1, 0.15) is 27.7 Å². The van der Waals surface area contributed by atoms with E-state index in [1.807, 2.05) is 20.8 Å². The van der Waals surface area contributed by atoms with Gasteiger partial charge >= 0.3 is 0 Å². The molecule has 0 aliphatic heterocycles. The first-order valence-corrected chi connectivity index (χ1v) is 7.74. The molecule has 0 saturated carbocycles. The van der Waals surface area contributed by atoms with Gasteiger partial charge < -0.3 is 5.43 Å². The van der Waals surface area contributed by atoms with Crippen molar-refractivity contribution in [3.8, 4) is 0 Å². The molecular formula is C12H20N4O4S. The first-order chi connectivity index (χ1) is 9.49. The molecule has 1 unspecified atom stereocenters. The molecule has 118 valence electrons. The summed E-state index contributed by atoms with van der Waals surface area (Å²) in [6, 6.07) is 3.17. The number of nitro benzene ring substituents is 1. The number of rotatable bonds is 5. The third-order valence-electron chi connectivity index (χ3n) is 3.24. The smallest absolute Gasteiger partial charge is 0.289 e. The second-order valence-corrected chi connectivity index (χ2v) is 7.48. The van der Waals surface area contributed by atoms with Crippen LogP contribution < -0.4 is 16.0 Å². The Hall–Kier alpha value is -1.71. The maximum Gasteiger partial charge on any atom is 0.289 e. The van der Waals surface area contributed by atoms with Crippen molar-refractivity contribution in [1.29, 1.82) is 0 Å². The first-order valence-electron chi connectivity index (χ1n) is 6.26. The first kappa shape index (κ1) is 17.3. The Kier molecular flexibility index (Phi) is 4.92. The number of hydrogen-bond acceptors (Lipinski definition) is 6. The van der Waals surface area contributed by atoms with E-state index < -0.39 is 31.6 Å². The van der Waals surface area contributed by atoms with E-state index >= 15 is 0 Å². The van der Waals surface area contributed by atoms with Crippen molar-refractivity contribution in [3.63, 3.8) is 0 Å². The Bertz CT molecular complexity index is 637. The molecule has 1 aromatic rings. The van der Waals surface area contributed by atoms with Crippen LogP contribution in [0.25, 0.3) is 0 Å². The highest BCUT2D eigenvalue weighted by Crippen LogP contribution is 2.28. The average Bonchev–Trinajstić information content (AvgIpc) is 2.36. The fraction of sp³-hybridized carbons (Fsp3) is 0.500. The number of benzene rings is 1. The Morgan fingerprint density at radius 3 is 2.33 bits per heavy atom. The standard InChI is InChI=1S/C12H20N4O4S/c1-8(12(2,3)4)15-21(19,20)11-7-9(14-13)5-6-10(11)16(17)18/h5-8,14-15H,13H2,1-4H3. The zero-order chi connectivity index (χ0) is 16.4. The summed E-state index contributed by atoms with van der Waals surface area (Å²) in [5, 5.41) is 11.0. The van der Waals surface area contributed by atoms with E-state index in [-0.39, 0.29) is 11.1 Å². The lowest BCUT2D eigenvalue weighted by atomic mass is 9.89. The monoisotopic (exact) mass is 316 g/mol. The van der Waals surface area contributed by atoms with E-state index in [4.69, 9.17) is 5.84 Å². The summed E-state index contributed by atoms with van der Waals surface area (Å²) in [6.45, 7) is 7.31. The fourth-order valence-corrected chi connectivity index (χ4v) is 3.09. The van der Waals surface area contributed by atoms with Gasteiger partial charge in [0.1, 0.15) is 0 Å². The third-order valence-corrected chi connectivity index (χ3v) is 4.81. The molecule has 0 bridgehead atoms. The van der Waals surface area contributed by atoms with E-state index in [1.54, 1.807) is 6.92 Å². The second-order valence-electron chi connectivity index (χ2n) is 5.79. The van der Waals surface area contributed by atoms with Crippen molar-refractivity contribution in [3.05, 3.63) is 28.3 Å². The van der Waals surface area contributed by atoms with Crippen molar-refractivity contribution in [2.45, 2.75) is 38.6 Å². The van der Waals surface area contributed by atoms with Gasteiger partial charge in [-0.25, -0.2) is 13.1 Å². The van der Waals surface area contributed by atoms with E-state index in [1.165, 1.54) is 6.07 Å². The van der Waals surface area contributed by atoms with Crippen molar-refractivity contribution in [2.75, 3.05) is 5.43 Å². The molecule has 0 radical (unpaired) electrons. The maximum absolute atomic E-state index is 12.4. The topological polar surface area (TPSA) is 127 Å². The Labute approximate surface area is 123 Å². The molecule has 0 aliphatic carbocycles. The summed E-state index contributed by atoms with van der Waals surface area (Å²) in [6.07, 6.45) is 0. The van der Waals surface area contributed by atoms with Gasteiger partial charge in [-0.15, -0.1) is 0 Å². The Morgan fingerprint density at radius 1 is 1.33 bits per heavy atom. The average molecular weight is 316 g/mol. The zero-order valence-electron chi connectivity index (χ0n) is 12.4. The number of anilines is 1. The summed E-state index contributed by atoms with van der Waals surface area (Å²) in [4.78, 5) is 9.86. The summed E-state index contributed by atoms with van der Waals surface area (Å²) < 4.78 is 27.3. The van der Waals surface area contributed by atoms with Gasteiger partial charge in [0.2, 0.25) is 10.0 Å². The lowest BCUT2D eigenvalue weighted by Gasteiger charge is -2.27. The SMILES string of the molecule is CC(NS(=O)(=O)c1cc(NN)ccc1[N+](=O)[O-])C(C)(C)C. The second kappa shape index (κ2) is 5.96. The van der Waals surface area contributed by atoms with Gasteiger partial charge in [-0.2, -0.15) is 0 Å². The van der Waals surface area contributed by atoms with Crippen molar-refractivity contribution in [2.24, 2.45) is 11.3 Å². The van der Waals surface area contributed by atoms with Gasteiger partial charge in [0, 0.05) is 12.1 Å². The Balaban J connectivity index is 3.33. The predicted molar refractivity (Wildman–Crippen MR) is 80.1 cm³/mol. The van der Waals surface area contributed by atoms with E-state index in [9.17, 15) is 18.5 Å². The van der Waals surface area contributed by atoms with Crippen molar-refractivity contribution >= 4 is 21.4 Å². The molecule has 0 fully saturated rings. The molecule has 4 N–H and O–H groups in total. The molecule has 0 spiro atoms. The maximum atomic E-state index is 12.4. The van der Waals surface area contributed by atoms with Crippen LogP contribution >= 0.6 is 0 Å². The van der Waals surface area contributed by atoms with Gasteiger partial charge in [-0.05, 0) is 24.5 Å². The molecule has 1 atom stereocenters. The molecule has 1 rings (SSSR count). The number of hydrogen-bond donors (Lipinski definition) is 3. The van der Waals surface area contributed by atoms with Crippen LogP contribution in [0.5, 0.6) is 0 Å². The van der Waals surface area contributed by atoms with Gasteiger partial charge in [-0.1, -0.05) is 20.8 Å². The molecule has 9 heteroatoms. The summed E-state index contributed by atoms with van der Waals surface area (Å²) >= 11 is 0. The van der Waals surface area contributed by atoms with Crippen molar-refractivity contribution in [1.82, 2.24) is 4.72 Å². The number of hydrazine groups is 1. The van der Waals surface area contributed by atoms with Gasteiger partial charge in [0.15, 0.2) is 4.90 Å². The normalized spacial score (nSPS) is 13.8. The van der Waals surface area contributed by atoms with Crippen LogP contribution in [0.15, 0.2) is 23.1 Å². The largest absolute Gasteiger partial charge is 0.324 e. The minimum absolute atomic E-state index is 0.268. The van der Waals surface area contributed by atoms with Gasteiger partial charge in [-0.3, -0.25) is 16.0 Å². The van der Waals surface area contributed by atoms with Crippen LogP contribution in [0, 0.1) is 15.5 Å². The highest BCUT2D eigenvalue weighted by Gasteiger charge is 2.31. The Morgan fingerprint density at radius 2 is 1.90 bits per heavy atom. The number of nitrogens with two attached hydrogens (primary N) is 1. The molecule has 0 amide bonds.